The van der Waals surface area contributed by atoms with Crippen LogP contribution in [0.5, 0.6) is 0 Å². The molecule has 0 bridgehead atoms. The van der Waals surface area contributed by atoms with Crippen molar-refractivity contribution >= 4 is 16.7 Å². The molecule has 0 aromatic carbocycles. The van der Waals surface area contributed by atoms with Gasteiger partial charge in [-0.3, -0.25) is 0 Å². The molecule has 1 aromatic rings. The van der Waals surface area contributed by atoms with Gasteiger partial charge in [-0.15, -0.1) is 0 Å². The second kappa shape index (κ2) is 5.93. The normalized spacial score (nSPS) is 10.5. The molecule has 1 aromatic heterocycles. The Morgan fingerprint density at radius 1 is 1.43 bits per heavy atom. The van der Waals surface area contributed by atoms with Gasteiger partial charge in [-0.1, -0.05) is 13.8 Å². The fraction of sp³-hybridized carbons (Fsp3) is 0.778. The number of anilines is 1. The highest BCUT2D eigenvalue weighted by molar-refractivity contribution is 7.09. The van der Waals surface area contributed by atoms with E-state index in [9.17, 15) is 0 Å². The third kappa shape index (κ3) is 3.23. The SMILES string of the molecule is CCNCCN(C)c1nc(CC)ns1. The molecule has 80 valence electrons. The van der Waals surface area contributed by atoms with Crippen LogP contribution in [0.3, 0.4) is 0 Å². The summed E-state index contributed by atoms with van der Waals surface area (Å²) in [5.41, 5.74) is 0. The molecule has 0 amide bonds. The molecule has 1 rings (SSSR count). The second-order valence-corrected chi connectivity index (χ2v) is 3.85. The maximum Gasteiger partial charge on any atom is 0.204 e. The zero-order valence-corrected chi connectivity index (χ0v) is 9.89. The second-order valence-electron chi connectivity index (χ2n) is 3.12. The third-order valence-corrected chi connectivity index (χ3v) is 2.84. The Bertz CT molecular complexity index is 261. The van der Waals surface area contributed by atoms with Crippen molar-refractivity contribution in [2.24, 2.45) is 0 Å². The highest BCUT2D eigenvalue weighted by Gasteiger charge is 2.06. The lowest BCUT2D eigenvalue weighted by molar-refractivity contribution is 0.704. The summed E-state index contributed by atoms with van der Waals surface area (Å²) in [6.45, 7) is 7.18. The van der Waals surface area contributed by atoms with E-state index in [1.54, 1.807) is 0 Å². The molecule has 0 saturated heterocycles. The van der Waals surface area contributed by atoms with E-state index in [-0.39, 0.29) is 0 Å². The van der Waals surface area contributed by atoms with Crippen LogP contribution in [-0.2, 0) is 6.42 Å². The molecular weight excluding hydrogens is 196 g/mol. The minimum Gasteiger partial charge on any atom is -0.349 e. The smallest absolute Gasteiger partial charge is 0.204 e. The summed E-state index contributed by atoms with van der Waals surface area (Å²) in [5, 5.41) is 4.30. The first kappa shape index (κ1) is 11.4. The number of aryl methyl sites for hydroxylation is 1. The Labute approximate surface area is 89.5 Å². The summed E-state index contributed by atoms with van der Waals surface area (Å²) >= 11 is 1.48. The predicted molar refractivity (Wildman–Crippen MR) is 61.1 cm³/mol. The van der Waals surface area contributed by atoms with Gasteiger partial charge in [0, 0.05) is 38.1 Å². The zero-order valence-electron chi connectivity index (χ0n) is 9.08. The molecule has 0 radical (unpaired) electrons. The van der Waals surface area contributed by atoms with Crippen LogP contribution in [0.25, 0.3) is 0 Å². The van der Waals surface area contributed by atoms with Crippen LogP contribution >= 0.6 is 11.5 Å². The number of nitrogens with one attached hydrogen (secondary N) is 1. The Kier molecular flexibility index (Phi) is 4.82. The molecule has 0 atom stereocenters. The third-order valence-electron chi connectivity index (χ3n) is 1.97. The first-order chi connectivity index (χ1) is 6.77. The van der Waals surface area contributed by atoms with Gasteiger partial charge in [0.2, 0.25) is 5.13 Å². The van der Waals surface area contributed by atoms with Crippen LogP contribution in [-0.4, -0.2) is 36.0 Å². The minimum absolute atomic E-state index is 0.914. The molecule has 0 unspecified atom stereocenters. The summed E-state index contributed by atoms with van der Waals surface area (Å²) in [5.74, 6) is 0.945. The fourth-order valence-corrected chi connectivity index (χ4v) is 1.80. The molecule has 5 heteroatoms. The molecule has 14 heavy (non-hydrogen) atoms. The highest BCUT2D eigenvalue weighted by Crippen LogP contribution is 2.14. The summed E-state index contributed by atoms with van der Waals surface area (Å²) < 4.78 is 4.25. The van der Waals surface area contributed by atoms with E-state index in [0.717, 1.165) is 37.0 Å². The van der Waals surface area contributed by atoms with Crippen molar-refractivity contribution in [3.8, 4) is 0 Å². The maximum atomic E-state index is 4.41. The summed E-state index contributed by atoms with van der Waals surface area (Å²) in [6.07, 6.45) is 0.914. The van der Waals surface area contributed by atoms with Crippen molar-refractivity contribution in [3.63, 3.8) is 0 Å². The van der Waals surface area contributed by atoms with Gasteiger partial charge in [-0.05, 0) is 6.54 Å². The Hall–Kier alpha value is -0.680. The van der Waals surface area contributed by atoms with Gasteiger partial charge in [0.05, 0.1) is 0 Å². The predicted octanol–water partition coefficient (Wildman–Crippen LogP) is 1.15. The Morgan fingerprint density at radius 2 is 2.21 bits per heavy atom. The van der Waals surface area contributed by atoms with Crippen LogP contribution < -0.4 is 10.2 Å². The van der Waals surface area contributed by atoms with Gasteiger partial charge in [-0.2, -0.15) is 4.37 Å². The number of nitrogens with zero attached hydrogens (tertiary/aromatic N) is 3. The van der Waals surface area contributed by atoms with Crippen molar-refractivity contribution in [2.45, 2.75) is 20.3 Å². The Morgan fingerprint density at radius 3 is 2.79 bits per heavy atom. The van der Waals surface area contributed by atoms with E-state index in [1.165, 1.54) is 11.5 Å². The highest BCUT2D eigenvalue weighted by atomic mass is 32.1. The van der Waals surface area contributed by atoms with Gasteiger partial charge in [0.15, 0.2) is 0 Å². The zero-order chi connectivity index (χ0) is 10.4. The van der Waals surface area contributed by atoms with Crippen molar-refractivity contribution in [1.82, 2.24) is 14.7 Å². The average Bonchev–Trinajstić information content (AvgIpc) is 2.66. The molecular formula is C9H18N4S. The van der Waals surface area contributed by atoms with E-state index < -0.39 is 0 Å². The first-order valence-corrected chi connectivity index (χ1v) is 5.79. The number of aromatic nitrogens is 2. The summed E-state index contributed by atoms with van der Waals surface area (Å²) in [7, 11) is 2.05. The lowest BCUT2D eigenvalue weighted by Crippen LogP contribution is -2.28. The van der Waals surface area contributed by atoms with Gasteiger partial charge in [0.25, 0.3) is 0 Å². The van der Waals surface area contributed by atoms with Crippen molar-refractivity contribution < 1.29 is 0 Å². The molecule has 1 heterocycles. The maximum absolute atomic E-state index is 4.41. The summed E-state index contributed by atoms with van der Waals surface area (Å²) in [4.78, 5) is 6.55. The van der Waals surface area contributed by atoms with Crippen LogP contribution in [0, 0.1) is 0 Å². The lowest BCUT2D eigenvalue weighted by Gasteiger charge is -2.14. The van der Waals surface area contributed by atoms with E-state index in [1.807, 2.05) is 0 Å². The molecule has 1 N–H and O–H groups in total. The summed E-state index contributed by atoms with van der Waals surface area (Å²) in [6, 6.07) is 0. The molecule has 0 aliphatic carbocycles. The molecule has 0 saturated carbocycles. The molecule has 0 spiro atoms. The first-order valence-electron chi connectivity index (χ1n) is 5.02. The quantitative estimate of drug-likeness (QED) is 0.721. The van der Waals surface area contributed by atoms with Crippen LogP contribution in [0.4, 0.5) is 5.13 Å². The lowest BCUT2D eigenvalue weighted by atomic mass is 10.5. The number of likely N-dealkylation sites (N-methyl/N-ethyl adjacent to an activating group) is 2. The monoisotopic (exact) mass is 214 g/mol. The van der Waals surface area contributed by atoms with Crippen LogP contribution in [0.15, 0.2) is 0 Å². The average molecular weight is 214 g/mol. The molecule has 0 fully saturated rings. The van der Waals surface area contributed by atoms with E-state index >= 15 is 0 Å². The van der Waals surface area contributed by atoms with Crippen molar-refractivity contribution in [2.75, 3.05) is 31.6 Å². The van der Waals surface area contributed by atoms with Crippen LogP contribution in [0.1, 0.15) is 19.7 Å². The molecule has 4 nitrogen and oxygen atoms in total. The van der Waals surface area contributed by atoms with Gasteiger partial charge in [0.1, 0.15) is 5.82 Å². The van der Waals surface area contributed by atoms with Crippen molar-refractivity contribution in [3.05, 3.63) is 5.82 Å². The van der Waals surface area contributed by atoms with E-state index in [2.05, 4.69) is 40.5 Å². The standard InChI is InChI=1S/C9H18N4S/c1-4-8-11-9(14-12-8)13(3)7-6-10-5-2/h10H,4-7H2,1-3H3. The van der Waals surface area contributed by atoms with Gasteiger partial charge < -0.3 is 10.2 Å². The van der Waals surface area contributed by atoms with Crippen LogP contribution in [0.2, 0.25) is 0 Å². The van der Waals surface area contributed by atoms with E-state index in [4.69, 9.17) is 0 Å². The van der Waals surface area contributed by atoms with Gasteiger partial charge >= 0.3 is 0 Å². The number of hydrogen-bond donors (Lipinski definition) is 1. The molecule has 0 aliphatic heterocycles. The fourth-order valence-electron chi connectivity index (χ4n) is 1.06. The van der Waals surface area contributed by atoms with Gasteiger partial charge in [-0.25, -0.2) is 4.98 Å². The largest absolute Gasteiger partial charge is 0.349 e. The van der Waals surface area contributed by atoms with Crippen molar-refractivity contribution in [1.29, 1.82) is 0 Å². The number of rotatable bonds is 6. The minimum atomic E-state index is 0.914. The topological polar surface area (TPSA) is 41.0 Å². The van der Waals surface area contributed by atoms with E-state index in [0.29, 0.717) is 0 Å². The molecule has 0 aliphatic rings. The number of hydrogen-bond acceptors (Lipinski definition) is 5. The Balaban J connectivity index is 2.39.